The Balaban J connectivity index is 1.28. The number of carbonyl (C=O) groups excluding carboxylic acids is 2. The zero-order valence-electron chi connectivity index (χ0n) is 19.4. The highest BCUT2D eigenvalue weighted by molar-refractivity contribution is 5.91. The van der Waals surface area contributed by atoms with E-state index in [1.807, 2.05) is 0 Å². The summed E-state index contributed by atoms with van der Waals surface area (Å²) in [5, 5.41) is 9.59. The minimum absolute atomic E-state index is 0.0255. The first-order valence-electron chi connectivity index (χ1n) is 12.8. The van der Waals surface area contributed by atoms with Gasteiger partial charge in [-0.15, -0.1) is 0 Å². The Morgan fingerprint density at radius 2 is 1.44 bits per heavy atom. The van der Waals surface area contributed by atoms with Crippen LogP contribution < -0.4 is 16.0 Å². The molecule has 2 saturated carbocycles. The van der Waals surface area contributed by atoms with Gasteiger partial charge in [-0.1, -0.05) is 68.9 Å². The zero-order chi connectivity index (χ0) is 22.2. The van der Waals surface area contributed by atoms with Gasteiger partial charge in [-0.2, -0.15) is 0 Å². The lowest BCUT2D eigenvalue weighted by molar-refractivity contribution is -0.129. The molecule has 2 aliphatic carbocycles. The Morgan fingerprint density at radius 3 is 2.12 bits per heavy atom. The molecule has 0 spiro atoms. The van der Waals surface area contributed by atoms with Gasteiger partial charge in [0.15, 0.2) is 0 Å². The molecule has 0 radical (unpaired) electrons. The van der Waals surface area contributed by atoms with E-state index in [4.69, 9.17) is 0 Å². The van der Waals surface area contributed by atoms with E-state index >= 15 is 0 Å². The Hall–Kier alpha value is -2.08. The van der Waals surface area contributed by atoms with E-state index in [1.54, 1.807) is 0 Å². The number of piperidine rings is 1. The van der Waals surface area contributed by atoms with Gasteiger partial charge in [0.2, 0.25) is 5.91 Å². The zero-order valence-corrected chi connectivity index (χ0v) is 19.4. The van der Waals surface area contributed by atoms with Crippen molar-refractivity contribution in [2.45, 2.75) is 101 Å². The van der Waals surface area contributed by atoms with Crippen LogP contribution in [0.15, 0.2) is 30.3 Å². The van der Waals surface area contributed by atoms with Crippen LogP contribution in [-0.4, -0.2) is 47.6 Å². The highest BCUT2D eigenvalue weighted by atomic mass is 16.2. The average Bonchev–Trinajstić information content (AvgIpc) is 2.82. The summed E-state index contributed by atoms with van der Waals surface area (Å²) in [5.41, 5.74) is 0.586. The number of urea groups is 1. The van der Waals surface area contributed by atoms with E-state index in [0.29, 0.717) is 0 Å². The molecule has 1 aliphatic heterocycles. The van der Waals surface area contributed by atoms with Gasteiger partial charge >= 0.3 is 6.03 Å². The molecule has 0 atom stereocenters. The third-order valence-electron chi connectivity index (χ3n) is 7.61. The Bertz CT molecular complexity index is 733. The first-order chi connectivity index (χ1) is 15.6. The molecule has 3 amide bonds. The SMILES string of the molecule is O=C(NC1CCCCC1)NC1(C(=O)NC2CCN(Cc3ccccc3)CC2)CCCCC1. The number of hydrogen-bond acceptors (Lipinski definition) is 3. The number of likely N-dealkylation sites (tertiary alicyclic amines) is 1. The Morgan fingerprint density at radius 1 is 0.812 bits per heavy atom. The minimum atomic E-state index is -0.752. The van der Waals surface area contributed by atoms with Crippen LogP contribution in [0, 0.1) is 0 Å². The number of amides is 3. The molecule has 0 aromatic heterocycles. The van der Waals surface area contributed by atoms with E-state index in [-0.39, 0.29) is 24.0 Å². The normalized spacial score (nSPS) is 22.8. The predicted molar refractivity (Wildman–Crippen MR) is 127 cm³/mol. The third kappa shape index (κ3) is 6.25. The summed E-state index contributed by atoms with van der Waals surface area (Å²) in [7, 11) is 0. The molecular formula is C26H40N4O2. The molecule has 1 aromatic carbocycles. The Labute approximate surface area is 192 Å². The maximum atomic E-state index is 13.4. The first-order valence-corrected chi connectivity index (χ1v) is 12.8. The van der Waals surface area contributed by atoms with Gasteiger partial charge in [0.05, 0.1) is 0 Å². The molecule has 4 rings (SSSR count). The van der Waals surface area contributed by atoms with Crippen LogP contribution in [0.5, 0.6) is 0 Å². The van der Waals surface area contributed by atoms with Crippen LogP contribution in [-0.2, 0) is 11.3 Å². The van der Waals surface area contributed by atoms with E-state index in [1.165, 1.54) is 24.8 Å². The second kappa shape index (κ2) is 11.2. The van der Waals surface area contributed by atoms with Crippen LogP contribution in [0.25, 0.3) is 0 Å². The lowest BCUT2D eigenvalue weighted by atomic mass is 9.80. The summed E-state index contributed by atoms with van der Waals surface area (Å²) >= 11 is 0. The molecule has 6 nitrogen and oxygen atoms in total. The van der Waals surface area contributed by atoms with Crippen molar-refractivity contribution in [2.75, 3.05) is 13.1 Å². The molecule has 3 aliphatic rings. The summed E-state index contributed by atoms with van der Waals surface area (Å²) < 4.78 is 0. The largest absolute Gasteiger partial charge is 0.351 e. The fraction of sp³-hybridized carbons (Fsp3) is 0.692. The van der Waals surface area contributed by atoms with Crippen molar-refractivity contribution in [1.29, 1.82) is 0 Å². The lowest BCUT2D eigenvalue weighted by Gasteiger charge is -2.39. The van der Waals surface area contributed by atoms with Crippen molar-refractivity contribution in [2.24, 2.45) is 0 Å². The van der Waals surface area contributed by atoms with E-state index in [2.05, 4.69) is 51.2 Å². The summed E-state index contributed by atoms with van der Waals surface area (Å²) in [6, 6.07) is 10.8. The quantitative estimate of drug-likeness (QED) is 0.623. The maximum Gasteiger partial charge on any atom is 0.315 e. The number of hydrogen-bond donors (Lipinski definition) is 3. The molecule has 32 heavy (non-hydrogen) atoms. The Kier molecular flexibility index (Phi) is 8.06. The first kappa shape index (κ1) is 23.1. The van der Waals surface area contributed by atoms with Crippen molar-refractivity contribution < 1.29 is 9.59 Å². The van der Waals surface area contributed by atoms with Gasteiger partial charge in [-0.25, -0.2) is 4.79 Å². The van der Waals surface area contributed by atoms with Crippen molar-refractivity contribution in [3.63, 3.8) is 0 Å². The summed E-state index contributed by atoms with van der Waals surface area (Å²) in [6.45, 7) is 2.94. The molecule has 1 heterocycles. The van der Waals surface area contributed by atoms with Gasteiger partial charge in [0.1, 0.15) is 5.54 Å². The number of carbonyl (C=O) groups is 2. The molecule has 0 unspecified atom stereocenters. The van der Waals surface area contributed by atoms with Crippen LogP contribution in [0.3, 0.4) is 0 Å². The lowest BCUT2D eigenvalue weighted by Crippen LogP contribution is -2.63. The van der Waals surface area contributed by atoms with Crippen molar-refractivity contribution in [3.05, 3.63) is 35.9 Å². The maximum absolute atomic E-state index is 13.4. The van der Waals surface area contributed by atoms with Gasteiger partial charge in [0, 0.05) is 31.7 Å². The summed E-state index contributed by atoms with van der Waals surface area (Å²) in [5.74, 6) is 0.0255. The molecule has 176 valence electrons. The highest BCUT2D eigenvalue weighted by Crippen LogP contribution is 2.29. The number of benzene rings is 1. The van der Waals surface area contributed by atoms with E-state index in [9.17, 15) is 9.59 Å². The molecule has 3 N–H and O–H groups in total. The number of nitrogens with one attached hydrogen (secondary N) is 3. The fourth-order valence-electron chi connectivity index (χ4n) is 5.65. The number of nitrogens with zero attached hydrogens (tertiary/aromatic N) is 1. The van der Waals surface area contributed by atoms with Crippen molar-refractivity contribution in [3.8, 4) is 0 Å². The average molecular weight is 441 g/mol. The monoisotopic (exact) mass is 440 g/mol. The predicted octanol–water partition coefficient (Wildman–Crippen LogP) is 4.10. The third-order valence-corrected chi connectivity index (χ3v) is 7.61. The van der Waals surface area contributed by atoms with Crippen LogP contribution in [0.2, 0.25) is 0 Å². The van der Waals surface area contributed by atoms with Gasteiger partial charge in [-0.3, -0.25) is 9.69 Å². The number of rotatable bonds is 6. The van der Waals surface area contributed by atoms with Crippen molar-refractivity contribution in [1.82, 2.24) is 20.9 Å². The highest BCUT2D eigenvalue weighted by Gasteiger charge is 2.42. The summed E-state index contributed by atoms with van der Waals surface area (Å²) in [4.78, 5) is 28.7. The van der Waals surface area contributed by atoms with E-state index in [0.717, 1.165) is 77.4 Å². The molecule has 1 aromatic rings. The summed E-state index contributed by atoms with van der Waals surface area (Å²) in [6.07, 6.45) is 12.2. The molecule has 1 saturated heterocycles. The smallest absolute Gasteiger partial charge is 0.315 e. The molecule has 3 fully saturated rings. The van der Waals surface area contributed by atoms with Gasteiger partial charge < -0.3 is 16.0 Å². The van der Waals surface area contributed by atoms with E-state index < -0.39 is 5.54 Å². The molecule has 0 bridgehead atoms. The molecule has 6 heteroatoms. The molecular weight excluding hydrogens is 400 g/mol. The fourth-order valence-corrected chi connectivity index (χ4v) is 5.65. The van der Waals surface area contributed by atoms with Gasteiger partial charge in [-0.05, 0) is 44.1 Å². The van der Waals surface area contributed by atoms with Crippen LogP contribution in [0.1, 0.15) is 82.6 Å². The van der Waals surface area contributed by atoms with Crippen molar-refractivity contribution >= 4 is 11.9 Å². The minimum Gasteiger partial charge on any atom is -0.351 e. The second-order valence-electron chi connectivity index (χ2n) is 10.1. The topological polar surface area (TPSA) is 73.5 Å². The standard InChI is InChI=1S/C26H40N4O2/c31-24(27-23-14-18-30(19-15-23)20-21-10-4-1-5-11-21)26(16-8-3-9-17-26)29-25(32)28-22-12-6-2-7-13-22/h1,4-5,10-11,22-23H,2-3,6-9,12-20H2,(H,27,31)(H2,28,29,32). The van der Waals surface area contributed by atoms with Crippen LogP contribution in [0.4, 0.5) is 4.79 Å². The second-order valence-corrected chi connectivity index (χ2v) is 10.1. The van der Waals surface area contributed by atoms with Gasteiger partial charge in [0.25, 0.3) is 0 Å². The van der Waals surface area contributed by atoms with Crippen LogP contribution >= 0.6 is 0 Å².